The standard InChI is InChI=1S/C6H10F2O5/c7-5(8)4-2(10)1(9)3(11)6(12)13-4/h1-6,9-12H/t1-,2-,3?,4?,6+/m0/s1. The van der Waals surface area contributed by atoms with Crippen LogP contribution in [0.15, 0.2) is 0 Å². The van der Waals surface area contributed by atoms with E-state index in [2.05, 4.69) is 4.74 Å². The molecule has 4 N–H and O–H groups in total. The molecule has 1 fully saturated rings. The van der Waals surface area contributed by atoms with E-state index in [1.54, 1.807) is 0 Å². The topological polar surface area (TPSA) is 90.2 Å². The normalized spacial score (nSPS) is 46.8. The summed E-state index contributed by atoms with van der Waals surface area (Å²) in [5.41, 5.74) is 0. The Labute approximate surface area is 72.2 Å². The van der Waals surface area contributed by atoms with E-state index in [1.807, 2.05) is 0 Å². The van der Waals surface area contributed by atoms with Crippen molar-refractivity contribution in [2.75, 3.05) is 0 Å². The maximum atomic E-state index is 12.1. The van der Waals surface area contributed by atoms with E-state index in [1.165, 1.54) is 0 Å². The Kier molecular flexibility index (Phi) is 3.14. The number of hydrogen-bond donors (Lipinski definition) is 4. The molecule has 1 heterocycles. The first kappa shape index (κ1) is 10.7. The molecule has 0 amide bonds. The van der Waals surface area contributed by atoms with Crippen LogP contribution in [0.2, 0.25) is 0 Å². The van der Waals surface area contributed by atoms with Gasteiger partial charge in [-0.15, -0.1) is 0 Å². The lowest BCUT2D eigenvalue weighted by molar-refractivity contribution is -0.300. The molecule has 13 heavy (non-hydrogen) atoms. The van der Waals surface area contributed by atoms with Crippen LogP contribution in [0.3, 0.4) is 0 Å². The molecule has 5 atom stereocenters. The molecule has 5 nitrogen and oxygen atoms in total. The maximum absolute atomic E-state index is 12.1. The molecule has 1 aliphatic heterocycles. The van der Waals surface area contributed by atoms with Crippen molar-refractivity contribution in [2.45, 2.75) is 37.1 Å². The fourth-order valence-electron chi connectivity index (χ4n) is 1.10. The number of rotatable bonds is 1. The van der Waals surface area contributed by atoms with Gasteiger partial charge in [0.05, 0.1) is 0 Å². The molecule has 0 aliphatic carbocycles. The first-order valence-electron chi connectivity index (χ1n) is 3.61. The summed E-state index contributed by atoms with van der Waals surface area (Å²) >= 11 is 0. The van der Waals surface area contributed by atoms with Crippen molar-refractivity contribution < 1.29 is 33.9 Å². The first-order chi connectivity index (χ1) is 5.95. The predicted octanol–water partition coefficient (Wildman–Crippen LogP) is -1.95. The van der Waals surface area contributed by atoms with Crippen molar-refractivity contribution in [3.8, 4) is 0 Å². The molecule has 0 spiro atoms. The minimum absolute atomic E-state index is 1.77. The summed E-state index contributed by atoms with van der Waals surface area (Å²) in [4.78, 5) is 0. The van der Waals surface area contributed by atoms with Crippen molar-refractivity contribution in [3.63, 3.8) is 0 Å². The van der Waals surface area contributed by atoms with E-state index in [0.717, 1.165) is 0 Å². The molecule has 7 heteroatoms. The van der Waals surface area contributed by atoms with Crippen LogP contribution < -0.4 is 0 Å². The second-order valence-electron chi connectivity index (χ2n) is 2.80. The van der Waals surface area contributed by atoms with E-state index in [4.69, 9.17) is 20.4 Å². The van der Waals surface area contributed by atoms with E-state index < -0.39 is 37.1 Å². The van der Waals surface area contributed by atoms with Crippen LogP contribution in [-0.2, 0) is 4.74 Å². The smallest absolute Gasteiger partial charge is 0.267 e. The Morgan fingerprint density at radius 3 is 1.92 bits per heavy atom. The molecule has 1 saturated heterocycles. The quantitative estimate of drug-likeness (QED) is 0.395. The third kappa shape index (κ3) is 1.94. The van der Waals surface area contributed by atoms with Crippen LogP contribution in [0, 0.1) is 0 Å². The molecule has 0 bridgehead atoms. The Hall–Kier alpha value is -0.340. The third-order valence-electron chi connectivity index (χ3n) is 1.87. The lowest BCUT2D eigenvalue weighted by atomic mass is 9.99. The van der Waals surface area contributed by atoms with Gasteiger partial charge in [0.25, 0.3) is 6.43 Å². The number of ether oxygens (including phenoxy) is 1. The monoisotopic (exact) mass is 200 g/mol. The number of aliphatic hydroxyl groups excluding tert-OH is 4. The zero-order chi connectivity index (χ0) is 10.2. The number of aliphatic hydroxyl groups is 4. The molecular formula is C6H10F2O5. The third-order valence-corrected chi connectivity index (χ3v) is 1.87. The van der Waals surface area contributed by atoms with E-state index >= 15 is 0 Å². The minimum atomic E-state index is -3.04. The Morgan fingerprint density at radius 2 is 1.46 bits per heavy atom. The second-order valence-corrected chi connectivity index (χ2v) is 2.80. The van der Waals surface area contributed by atoms with E-state index in [9.17, 15) is 8.78 Å². The SMILES string of the molecule is OC1[C@H](O)OC(C(F)F)[C@@H](O)[C@@H]1O. The lowest BCUT2D eigenvalue weighted by Gasteiger charge is -2.37. The summed E-state index contributed by atoms with van der Waals surface area (Å²) in [7, 11) is 0. The van der Waals surface area contributed by atoms with Crippen LogP contribution in [0.1, 0.15) is 0 Å². The van der Waals surface area contributed by atoms with Gasteiger partial charge in [-0.3, -0.25) is 0 Å². The summed E-state index contributed by atoms with van der Waals surface area (Å²) in [6, 6.07) is 0. The molecule has 2 unspecified atom stereocenters. The van der Waals surface area contributed by atoms with Gasteiger partial charge in [-0.25, -0.2) is 8.78 Å². The minimum Gasteiger partial charge on any atom is -0.387 e. The van der Waals surface area contributed by atoms with Crippen molar-refractivity contribution in [1.82, 2.24) is 0 Å². The van der Waals surface area contributed by atoms with Crippen molar-refractivity contribution in [2.24, 2.45) is 0 Å². The predicted molar refractivity (Wildman–Crippen MR) is 34.9 cm³/mol. The lowest BCUT2D eigenvalue weighted by Crippen LogP contribution is -2.59. The summed E-state index contributed by atoms with van der Waals surface area (Å²) in [6.07, 6.45) is -12.4. The van der Waals surface area contributed by atoms with Crippen LogP contribution in [-0.4, -0.2) is 57.6 Å². The Balaban J connectivity index is 2.70. The van der Waals surface area contributed by atoms with E-state index in [-0.39, 0.29) is 0 Å². The molecule has 0 aromatic rings. The van der Waals surface area contributed by atoms with Gasteiger partial charge in [-0.05, 0) is 0 Å². The van der Waals surface area contributed by atoms with Gasteiger partial charge in [0.2, 0.25) is 0 Å². The van der Waals surface area contributed by atoms with Gasteiger partial charge in [0.15, 0.2) is 6.29 Å². The molecule has 0 saturated carbocycles. The number of alkyl halides is 2. The highest BCUT2D eigenvalue weighted by atomic mass is 19.3. The van der Waals surface area contributed by atoms with Gasteiger partial charge >= 0.3 is 0 Å². The highest BCUT2D eigenvalue weighted by Crippen LogP contribution is 2.23. The summed E-state index contributed by atoms with van der Waals surface area (Å²) in [6.45, 7) is 0. The van der Waals surface area contributed by atoms with Crippen LogP contribution in [0.25, 0.3) is 0 Å². The molecule has 1 rings (SSSR count). The van der Waals surface area contributed by atoms with Crippen molar-refractivity contribution in [3.05, 3.63) is 0 Å². The molecule has 0 aromatic heterocycles. The van der Waals surface area contributed by atoms with Crippen molar-refractivity contribution in [1.29, 1.82) is 0 Å². The fraction of sp³-hybridized carbons (Fsp3) is 1.00. The highest BCUT2D eigenvalue weighted by Gasteiger charge is 2.46. The van der Waals surface area contributed by atoms with Gasteiger partial charge in [0.1, 0.15) is 24.4 Å². The van der Waals surface area contributed by atoms with Gasteiger partial charge in [-0.1, -0.05) is 0 Å². The summed E-state index contributed by atoms with van der Waals surface area (Å²) < 4.78 is 28.3. The Morgan fingerprint density at radius 1 is 0.923 bits per heavy atom. The zero-order valence-electron chi connectivity index (χ0n) is 6.42. The first-order valence-corrected chi connectivity index (χ1v) is 3.61. The largest absolute Gasteiger partial charge is 0.387 e. The Bertz CT molecular complexity index is 178. The number of halogens is 2. The van der Waals surface area contributed by atoms with Gasteiger partial charge in [0, 0.05) is 0 Å². The van der Waals surface area contributed by atoms with Gasteiger partial charge < -0.3 is 25.2 Å². The van der Waals surface area contributed by atoms with Crippen LogP contribution in [0.4, 0.5) is 8.78 Å². The molecule has 0 radical (unpaired) electrons. The van der Waals surface area contributed by atoms with Crippen LogP contribution >= 0.6 is 0 Å². The molecule has 0 aromatic carbocycles. The molecular weight excluding hydrogens is 190 g/mol. The fourth-order valence-corrected chi connectivity index (χ4v) is 1.10. The summed E-state index contributed by atoms with van der Waals surface area (Å²) in [5, 5.41) is 35.6. The molecule has 1 aliphatic rings. The highest BCUT2D eigenvalue weighted by molar-refractivity contribution is 4.89. The number of hydrogen-bond acceptors (Lipinski definition) is 5. The van der Waals surface area contributed by atoms with Crippen LogP contribution in [0.5, 0.6) is 0 Å². The van der Waals surface area contributed by atoms with E-state index in [0.29, 0.717) is 0 Å². The second kappa shape index (κ2) is 3.81. The summed E-state index contributed by atoms with van der Waals surface area (Å²) in [5.74, 6) is 0. The van der Waals surface area contributed by atoms with Gasteiger partial charge in [-0.2, -0.15) is 0 Å². The molecule has 78 valence electrons. The van der Waals surface area contributed by atoms with Crippen molar-refractivity contribution >= 4 is 0 Å². The zero-order valence-corrected chi connectivity index (χ0v) is 6.42. The average Bonchev–Trinajstić information content (AvgIpc) is 2.07. The maximum Gasteiger partial charge on any atom is 0.267 e. The average molecular weight is 200 g/mol.